The highest BCUT2D eigenvalue weighted by molar-refractivity contribution is 5.79. The Morgan fingerprint density at radius 3 is 2.00 bits per heavy atom. The lowest BCUT2D eigenvalue weighted by atomic mass is 10.1. The first kappa shape index (κ1) is 24.2. The van der Waals surface area contributed by atoms with Gasteiger partial charge in [-0.2, -0.15) is 0 Å². The molecule has 0 aliphatic carbocycles. The Morgan fingerprint density at radius 2 is 1.46 bits per heavy atom. The van der Waals surface area contributed by atoms with Gasteiger partial charge in [-0.1, -0.05) is 33.6 Å². The van der Waals surface area contributed by atoms with Gasteiger partial charge >= 0.3 is 0 Å². The molecule has 1 fully saturated rings. The lowest BCUT2D eigenvalue weighted by Crippen LogP contribution is -2.50. The van der Waals surface area contributed by atoms with Gasteiger partial charge in [-0.25, -0.2) is 0 Å². The molecule has 28 heavy (non-hydrogen) atoms. The average molecular weight is 396 g/mol. The summed E-state index contributed by atoms with van der Waals surface area (Å²) in [5, 5.41) is 6.61. The van der Waals surface area contributed by atoms with Crippen LogP contribution in [0.25, 0.3) is 0 Å². The molecule has 7 nitrogen and oxygen atoms in total. The number of carbonyl (C=O) groups is 2. The lowest BCUT2D eigenvalue weighted by Gasteiger charge is -2.35. The van der Waals surface area contributed by atoms with Gasteiger partial charge in [0.05, 0.1) is 0 Å². The third-order valence-electron chi connectivity index (χ3n) is 4.97. The summed E-state index contributed by atoms with van der Waals surface area (Å²) in [6.07, 6.45) is 6.47. The van der Waals surface area contributed by atoms with Gasteiger partial charge in [0.1, 0.15) is 0 Å². The van der Waals surface area contributed by atoms with E-state index in [1.807, 2.05) is 9.80 Å². The Hall–Kier alpha value is -1.79. The average Bonchev–Trinajstić information content (AvgIpc) is 2.68. The molecule has 1 saturated heterocycles. The van der Waals surface area contributed by atoms with Crippen molar-refractivity contribution in [2.45, 2.75) is 65.7 Å². The Kier molecular flexibility index (Phi) is 12.3. The topological polar surface area (TPSA) is 77.0 Å². The number of piperazine rings is 1. The number of guanidine groups is 1. The Labute approximate surface area is 171 Å². The second-order valence-electron chi connectivity index (χ2n) is 7.95. The van der Waals surface area contributed by atoms with Crippen molar-refractivity contribution >= 4 is 17.8 Å². The monoisotopic (exact) mass is 395 g/mol. The molecule has 0 aromatic carbocycles. The predicted molar refractivity (Wildman–Crippen MR) is 115 cm³/mol. The molecule has 1 aliphatic rings. The van der Waals surface area contributed by atoms with Crippen molar-refractivity contribution in [3.05, 3.63) is 0 Å². The van der Waals surface area contributed by atoms with Crippen LogP contribution in [0, 0.1) is 5.92 Å². The molecule has 0 unspecified atom stereocenters. The number of carbonyl (C=O) groups excluding carboxylic acids is 2. The number of aliphatic imine (C=N–C) groups is 1. The zero-order valence-electron chi connectivity index (χ0n) is 18.4. The zero-order chi connectivity index (χ0) is 20.8. The van der Waals surface area contributed by atoms with E-state index >= 15 is 0 Å². The van der Waals surface area contributed by atoms with E-state index in [1.165, 1.54) is 6.42 Å². The first-order valence-corrected chi connectivity index (χ1v) is 11.0. The Morgan fingerprint density at radius 1 is 0.893 bits per heavy atom. The zero-order valence-corrected chi connectivity index (χ0v) is 18.4. The fraction of sp³-hybridized carbons (Fsp3) is 0.857. The fourth-order valence-electron chi connectivity index (χ4n) is 3.23. The number of rotatable bonds is 11. The molecule has 1 aliphatic heterocycles. The molecule has 162 valence electrons. The summed E-state index contributed by atoms with van der Waals surface area (Å²) >= 11 is 0. The van der Waals surface area contributed by atoms with Gasteiger partial charge in [0.2, 0.25) is 11.8 Å². The summed E-state index contributed by atoms with van der Waals surface area (Å²) in [6.45, 7) is 10.8. The fourth-order valence-corrected chi connectivity index (χ4v) is 3.23. The van der Waals surface area contributed by atoms with Crippen molar-refractivity contribution in [2.75, 3.05) is 46.3 Å². The molecule has 0 aromatic heterocycles. The van der Waals surface area contributed by atoms with Crippen LogP contribution < -0.4 is 10.6 Å². The van der Waals surface area contributed by atoms with Gasteiger partial charge in [0.25, 0.3) is 0 Å². The highest BCUT2D eigenvalue weighted by atomic mass is 16.2. The number of amides is 2. The number of nitrogens with one attached hydrogen (secondary N) is 2. The molecule has 7 heteroatoms. The highest BCUT2D eigenvalue weighted by Crippen LogP contribution is 2.10. The van der Waals surface area contributed by atoms with E-state index in [-0.39, 0.29) is 11.8 Å². The minimum absolute atomic E-state index is 0.216. The number of hydrogen-bond donors (Lipinski definition) is 2. The van der Waals surface area contributed by atoms with Crippen molar-refractivity contribution < 1.29 is 9.59 Å². The maximum atomic E-state index is 12.4. The van der Waals surface area contributed by atoms with Crippen LogP contribution in [0.4, 0.5) is 0 Å². The molecular formula is C21H41N5O2. The van der Waals surface area contributed by atoms with Crippen molar-refractivity contribution in [1.82, 2.24) is 20.4 Å². The second-order valence-corrected chi connectivity index (χ2v) is 7.95. The van der Waals surface area contributed by atoms with E-state index in [0.717, 1.165) is 44.7 Å². The van der Waals surface area contributed by atoms with Crippen molar-refractivity contribution in [1.29, 1.82) is 0 Å². The minimum Gasteiger partial charge on any atom is -0.356 e. The van der Waals surface area contributed by atoms with Crippen molar-refractivity contribution in [3.8, 4) is 0 Å². The van der Waals surface area contributed by atoms with E-state index in [1.54, 1.807) is 7.05 Å². The predicted octanol–water partition coefficient (Wildman–Crippen LogP) is 2.23. The molecule has 2 N–H and O–H groups in total. The molecule has 0 radical (unpaired) electrons. The summed E-state index contributed by atoms with van der Waals surface area (Å²) in [5.41, 5.74) is 0. The van der Waals surface area contributed by atoms with Crippen LogP contribution in [0.1, 0.15) is 65.7 Å². The summed E-state index contributed by atoms with van der Waals surface area (Å²) < 4.78 is 0. The molecule has 0 spiro atoms. The summed E-state index contributed by atoms with van der Waals surface area (Å²) in [5.74, 6) is 1.68. The Balaban J connectivity index is 2.10. The van der Waals surface area contributed by atoms with Gasteiger partial charge in [-0.05, 0) is 25.2 Å². The molecule has 0 atom stereocenters. The molecule has 0 bridgehead atoms. The Bertz CT molecular complexity index is 485. The van der Waals surface area contributed by atoms with E-state index in [0.29, 0.717) is 44.9 Å². The maximum Gasteiger partial charge on any atom is 0.222 e. The van der Waals surface area contributed by atoms with Crippen LogP contribution in [0.15, 0.2) is 4.99 Å². The van der Waals surface area contributed by atoms with Crippen molar-refractivity contribution in [3.63, 3.8) is 0 Å². The van der Waals surface area contributed by atoms with Gasteiger partial charge in [-0.15, -0.1) is 0 Å². The smallest absolute Gasteiger partial charge is 0.222 e. The molecule has 1 rings (SSSR count). The molecule has 0 saturated carbocycles. The van der Waals surface area contributed by atoms with Gasteiger partial charge < -0.3 is 20.4 Å². The summed E-state index contributed by atoms with van der Waals surface area (Å²) in [7, 11) is 1.79. The lowest BCUT2D eigenvalue weighted by molar-refractivity contribution is -0.140. The molecule has 1 heterocycles. The van der Waals surface area contributed by atoms with Gasteiger partial charge in [0, 0.05) is 59.2 Å². The normalized spacial score (nSPS) is 15.1. The molecule has 2 amide bonds. The highest BCUT2D eigenvalue weighted by Gasteiger charge is 2.23. The van der Waals surface area contributed by atoms with Gasteiger partial charge in [0.15, 0.2) is 5.96 Å². The summed E-state index contributed by atoms with van der Waals surface area (Å²) in [6, 6.07) is 0. The summed E-state index contributed by atoms with van der Waals surface area (Å²) in [4.78, 5) is 32.5. The van der Waals surface area contributed by atoms with Crippen LogP contribution in [0.2, 0.25) is 0 Å². The molecule has 0 aromatic rings. The van der Waals surface area contributed by atoms with E-state index in [2.05, 4.69) is 36.4 Å². The number of nitrogens with zero attached hydrogens (tertiary/aromatic N) is 3. The third-order valence-corrected chi connectivity index (χ3v) is 4.97. The minimum atomic E-state index is 0.216. The van der Waals surface area contributed by atoms with Crippen molar-refractivity contribution in [2.24, 2.45) is 10.9 Å². The maximum absolute atomic E-state index is 12.4. The first-order chi connectivity index (χ1) is 13.5. The first-order valence-electron chi connectivity index (χ1n) is 11.0. The molecular weight excluding hydrogens is 354 g/mol. The van der Waals surface area contributed by atoms with Crippen LogP contribution in [0.3, 0.4) is 0 Å². The number of hydrogen-bond acceptors (Lipinski definition) is 3. The third kappa shape index (κ3) is 9.95. The number of unbranched alkanes of at least 4 members (excludes halogenated alkanes) is 3. The van der Waals surface area contributed by atoms with E-state index in [4.69, 9.17) is 0 Å². The van der Waals surface area contributed by atoms with Crippen LogP contribution in [0.5, 0.6) is 0 Å². The SMILES string of the molecule is CCCCNC(=NC)NCCCCCC(=O)N1CCN(C(=O)CC(C)C)CC1. The van der Waals surface area contributed by atoms with Crippen LogP contribution in [-0.2, 0) is 9.59 Å². The quantitative estimate of drug-likeness (QED) is 0.319. The standard InChI is InChI=1S/C21H41N5O2/c1-5-6-11-23-21(22-4)24-12-9-7-8-10-19(27)25-13-15-26(16-14-25)20(28)17-18(2)3/h18H,5-17H2,1-4H3,(H2,22,23,24). The van der Waals surface area contributed by atoms with Gasteiger partial charge in [-0.3, -0.25) is 14.6 Å². The van der Waals surface area contributed by atoms with Crippen LogP contribution in [-0.4, -0.2) is 73.9 Å². The van der Waals surface area contributed by atoms with E-state index < -0.39 is 0 Å². The van der Waals surface area contributed by atoms with E-state index in [9.17, 15) is 9.59 Å². The largest absolute Gasteiger partial charge is 0.356 e. The van der Waals surface area contributed by atoms with Crippen LogP contribution >= 0.6 is 0 Å². The second kappa shape index (κ2) is 14.2.